The van der Waals surface area contributed by atoms with Crippen molar-refractivity contribution in [1.82, 2.24) is 10.2 Å². The van der Waals surface area contributed by atoms with Crippen LogP contribution in [-0.2, 0) is 15.6 Å². The van der Waals surface area contributed by atoms with E-state index < -0.39 is 9.84 Å². The lowest BCUT2D eigenvalue weighted by molar-refractivity contribution is 0.480. The Morgan fingerprint density at radius 2 is 2.09 bits per heavy atom. The van der Waals surface area contributed by atoms with E-state index in [4.69, 9.17) is 4.42 Å². The van der Waals surface area contributed by atoms with Crippen LogP contribution >= 0.6 is 0 Å². The largest absolute Gasteiger partial charge is 0.424 e. The van der Waals surface area contributed by atoms with Gasteiger partial charge in [-0.2, -0.15) is 0 Å². The van der Waals surface area contributed by atoms with Crippen LogP contribution in [0.1, 0.15) is 11.8 Å². The normalized spacial score (nSPS) is 11.8. The topological polar surface area (TPSA) is 73.1 Å². The van der Waals surface area contributed by atoms with Gasteiger partial charge in [-0.3, -0.25) is 0 Å². The lowest BCUT2D eigenvalue weighted by Crippen LogP contribution is -2.00. The van der Waals surface area contributed by atoms with Crippen molar-refractivity contribution < 1.29 is 12.8 Å². The van der Waals surface area contributed by atoms with Crippen LogP contribution in [0.4, 0.5) is 0 Å². The molecule has 0 spiro atoms. The first-order valence-corrected chi connectivity index (χ1v) is 5.00. The molecule has 0 N–H and O–H groups in total. The van der Waals surface area contributed by atoms with Gasteiger partial charge in [-0.15, -0.1) is 10.2 Å². The Morgan fingerprint density at radius 1 is 1.45 bits per heavy atom. The van der Waals surface area contributed by atoms with Crippen LogP contribution in [0.5, 0.6) is 0 Å². The van der Waals surface area contributed by atoms with Crippen molar-refractivity contribution in [3.63, 3.8) is 0 Å². The summed E-state index contributed by atoms with van der Waals surface area (Å²) in [5.41, 5.74) is 0. The monoisotopic (exact) mass is 176 g/mol. The molecule has 6 heteroatoms. The molecule has 0 atom stereocenters. The second-order valence-electron chi connectivity index (χ2n) is 2.28. The van der Waals surface area contributed by atoms with Gasteiger partial charge in [-0.25, -0.2) is 8.42 Å². The third kappa shape index (κ3) is 2.67. The van der Waals surface area contributed by atoms with Crippen LogP contribution in [0, 0.1) is 6.92 Å². The molecule has 1 aromatic rings. The Balaban J connectivity index is 2.81. The quantitative estimate of drug-likeness (QED) is 0.630. The molecule has 0 bridgehead atoms. The average molecular weight is 176 g/mol. The second kappa shape index (κ2) is 2.61. The summed E-state index contributed by atoms with van der Waals surface area (Å²) in [7, 11) is -3.06. The molecule has 0 aliphatic rings. The molecule has 0 saturated carbocycles. The molecule has 0 aliphatic carbocycles. The van der Waals surface area contributed by atoms with Crippen LogP contribution in [-0.4, -0.2) is 24.9 Å². The van der Waals surface area contributed by atoms with E-state index in [1.807, 2.05) is 0 Å². The Labute approximate surface area is 64.4 Å². The Morgan fingerprint density at radius 3 is 2.45 bits per heavy atom. The number of aromatic nitrogens is 2. The second-order valence-corrected chi connectivity index (χ2v) is 4.43. The number of hydrogen-bond acceptors (Lipinski definition) is 5. The van der Waals surface area contributed by atoms with Gasteiger partial charge in [0.15, 0.2) is 9.84 Å². The first kappa shape index (κ1) is 8.19. The molecule has 1 aromatic heterocycles. The number of hydrogen-bond donors (Lipinski definition) is 0. The molecule has 0 unspecified atom stereocenters. The summed E-state index contributed by atoms with van der Waals surface area (Å²) < 4.78 is 26.2. The fourth-order valence-corrected chi connectivity index (χ4v) is 1.19. The lowest BCUT2D eigenvalue weighted by Gasteiger charge is -1.88. The van der Waals surface area contributed by atoms with E-state index in [1.54, 1.807) is 6.92 Å². The third-order valence-electron chi connectivity index (χ3n) is 0.954. The van der Waals surface area contributed by atoms with Gasteiger partial charge >= 0.3 is 0 Å². The molecule has 0 saturated heterocycles. The van der Waals surface area contributed by atoms with Gasteiger partial charge in [-0.05, 0) is 0 Å². The van der Waals surface area contributed by atoms with E-state index in [1.165, 1.54) is 0 Å². The molecular formula is C5H8N2O3S. The van der Waals surface area contributed by atoms with Crippen LogP contribution in [0.25, 0.3) is 0 Å². The summed E-state index contributed by atoms with van der Waals surface area (Å²) >= 11 is 0. The van der Waals surface area contributed by atoms with Crippen LogP contribution in [0.15, 0.2) is 4.42 Å². The minimum absolute atomic E-state index is 0.144. The summed E-state index contributed by atoms with van der Waals surface area (Å²) in [6, 6.07) is 0. The van der Waals surface area contributed by atoms with Crippen molar-refractivity contribution >= 4 is 9.84 Å². The molecule has 11 heavy (non-hydrogen) atoms. The van der Waals surface area contributed by atoms with Gasteiger partial charge in [0.25, 0.3) is 0 Å². The molecular weight excluding hydrogens is 168 g/mol. The smallest absolute Gasteiger partial charge is 0.231 e. The third-order valence-corrected chi connectivity index (χ3v) is 1.72. The summed E-state index contributed by atoms with van der Waals surface area (Å²) in [4.78, 5) is 0. The van der Waals surface area contributed by atoms with Gasteiger partial charge in [0.2, 0.25) is 11.8 Å². The molecule has 0 aromatic carbocycles. The van der Waals surface area contributed by atoms with E-state index in [2.05, 4.69) is 10.2 Å². The van der Waals surface area contributed by atoms with Crippen LogP contribution in [0.2, 0.25) is 0 Å². The van der Waals surface area contributed by atoms with Crippen molar-refractivity contribution in [3.05, 3.63) is 11.8 Å². The average Bonchev–Trinajstić information content (AvgIpc) is 2.10. The van der Waals surface area contributed by atoms with Crippen molar-refractivity contribution in [1.29, 1.82) is 0 Å². The fraction of sp³-hybridized carbons (Fsp3) is 0.600. The number of nitrogens with zero attached hydrogens (tertiary/aromatic N) is 2. The van der Waals surface area contributed by atoms with Crippen LogP contribution < -0.4 is 0 Å². The van der Waals surface area contributed by atoms with Gasteiger partial charge in [-0.1, -0.05) is 0 Å². The predicted molar refractivity (Wildman–Crippen MR) is 37.6 cm³/mol. The standard InChI is InChI=1S/C5H8N2O3S/c1-4-6-7-5(10-4)3-11(2,8)9/h3H2,1-2H3. The molecule has 62 valence electrons. The maximum Gasteiger partial charge on any atom is 0.231 e. The zero-order chi connectivity index (χ0) is 8.48. The van der Waals surface area contributed by atoms with E-state index in [0.717, 1.165) is 6.26 Å². The molecule has 5 nitrogen and oxygen atoms in total. The van der Waals surface area contributed by atoms with E-state index in [-0.39, 0.29) is 11.6 Å². The molecule has 0 aliphatic heterocycles. The van der Waals surface area contributed by atoms with Crippen molar-refractivity contribution in [2.75, 3.05) is 6.26 Å². The van der Waals surface area contributed by atoms with E-state index >= 15 is 0 Å². The molecule has 1 rings (SSSR count). The van der Waals surface area contributed by atoms with Crippen molar-refractivity contribution in [3.8, 4) is 0 Å². The maximum atomic E-state index is 10.7. The number of sulfone groups is 1. The van der Waals surface area contributed by atoms with E-state index in [9.17, 15) is 8.42 Å². The molecule has 1 heterocycles. The maximum absolute atomic E-state index is 10.7. The van der Waals surface area contributed by atoms with Crippen molar-refractivity contribution in [2.45, 2.75) is 12.7 Å². The number of rotatable bonds is 2. The number of aryl methyl sites for hydroxylation is 1. The summed E-state index contributed by atoms with van der Waals surface area (Å²) in [6.45, 7) is 1.61. The summed E-state index contributed by atoms with van der Waals surface area (Å²) in [6.07, 6.45) is 1.12. The van der Waals surface area contributed by atoms with Gasteiger partial charge in [0, 0.05) is 13.2 Å². The Bertz CT molecular complexity index is 340. The highest BCUT2D eigenvalue weighted by Crippen LogP contribution is 2.01. The fourth-order valence-electron chi connectivity index (χ4n) is 0.620. The highest BCUT2D eigenvalue weighted by molar-refractivity contribution is 7.89. The van der Waals surface area contributed by atoms with Gasteiger partial charge < -0.3 is 4.42 Å². The van der Waals surface area contributed by atoms with Crippen LogP contribution in [0.3, 0.4) is 0 Å². The minimum Gasteiger partial charge on any atom is -0.424 e. The summed E-state index contributed by atoms with van der Waals surface area (Å²) in [5.74, 6) is 0.335. The molecule has 0 fully saturated rings. The first-order chi connectivity index (χ1) is 4.97. The Hall–Kier alpha value is -0.910. The highest BCUT2D eigenvalue weighted by Gasteiger charge is 2.09. The van der Waals surface area contributed by atoms with E-state index in [0.29, 0.717) is 5.89 Å². The lowest BCUT2D eigenvalue weighted by atomic mass is 10.8. The molecule has 0 amide bonds. The highest BCUT2D eigenvalue weighted by atomic mass is 32.2. The molecule has 0 radical (unpaired) electrons. The minimum atomic E-state index is -3.06. The zero-order valence-electron chi connectivity index (χ0n) is 6.23. The zero-order valence-corrected chi connectivity index (χ0v) is 7.05. The predicted octanol–water partition coefficient (Wildman–Crippen LogP) is -0.0774. The van der Waals surface area contributed by atoms with Gasteiger partial charge in [0.05, 0.1) is 0 Å². The summed E-state index contributed by atoms with van der Waals surface area (Å²) in [5, 5.41) is 7.02. The SMILES string of the molecule is Cc1nnc(CS(C)(=O)=O)o1. The Kier molecular flexibility index (Phi) is 1.95. The first-order valence-electron chi connectivity index (χ1n) is 2.94. The van der Waals surface area contributed by atoms with Crippen molar-refractivity contribution in [2.24, 2.45) is 0 Å². The van der Waals surface area contributed by atoms with Gasteiger partial charge in [0.1, 0.15) is 5.75 Å².